The fourth-order valence-electron chi connectivity index (χ4n) is 3.20. The highest BCUT2D eigenvalue weighted by Gasteiger charge is 2.17. The molecule has 0 fully saturated rings. The molecule has 3 aromatic carbocycles. The lowest BCUT2D eigenvalue weighted by Gasteiger charge is -2.12. The number of benzene rings is 3. The summed E-state index contributed by atoms with van der Waals surface area (Å²) in [6.45, 7) is 1.76. The van der Waals surface area contributed by atoms with Crippen LogP contribution in [0.3, 0.4) is 0 Å². The van der Waals surface area contributed by atoms with Crippen molar-refractivity contribution in [2.45, 2.75) is 13.5 Å². The number of ketones is 1. The van der Waals surface area contributed by atoms with Crippen LogP contribution in [0, 0.1) is 27.2 Å². The average molecular weight is 448 g/mol. The number of carbonyl (C=O) groups excluding carboxylic acids is 1. The second kappa shape index (κ2) is 10.2. The monoisotopic (exact) mass is 448 g/mol. The molecule has 0 heterocycles. The van der Waals surface area contributed by atoms with E-state index in [4.69, 9.17) is 9.47 Å². The first-order valence-corrected chi connectivity index (χ1v) is 9.80. The molecule has 3 rings (SSSR count). The van der Waals surface area contributed by atoms with Crippen LogP contribution in [0.4, 0.5) is 11.4 Å². The Hall–Kier alpha value is -4.53. The van der Waals surface area contributed by atoms with Crippen molar-refractivity contribution in [2.75, 3.05) is 7.11 Å². The van der Waals surface area contributed by atoms with E-state index in [-0.39, 0.29) is 23.5 Å². The lowest BCUT2D eigenvalue weighted by Crippen LogP contribution is -2.01. The number of para-hydroxylation sites is 1. The van der Waals surface area contributed by atoms with Gasteiger partial charge in [-0.3, -0.25) is 25.0 Å². The molecule has 0 saturated heterocycles. The van der Waals surface area contributed by atoms with Crippen LogP contribution >= 0.6 is 0 Å². The average Bonchev–Trinajstić information content (AvgIpc) is 2.81. The van der Waals surface area contributed by atoms with Gasteiger partial charge in [-0.25, -0.2) is 0 Å². The zero-order valence-electron chi connectivity index (χ0n) is 17.9. The number of allylic oxidation sites excluding steroid dienone is 1. The van der Waals surface area contributed by atoms with Gasteiger partial charge in [0.05, 0.1) is 22.5 Å². The standard InChI is InChI=1S/C24H20N2O7/c1-16-13-19(9-10-21(16)25(28)29)33-15-18-14-17(8-12-24(18)32-2)7-11-23(27)20-5-3-4-6-22(20)26(30)31/h3-14H,15H2,1-2H3/b11-7+. The SMILES string of the molecule is COc1ccc(/C=C/C(=O)c2ccccc2[N+](=O)[O-])cc1COc1ccc([N+](=O)[O-])c(C)c1. The van der Waals surface area contributed by atoms with Crippen LogP contribution in [0.2, 0.25) is 0 Å². The minimum Gasteiger partial charge on any atom is -0.496 e. The maximum Gasteiger partial charge on any atom is 0.280 e. The number of methoxy groups -OCH3 is 1. The van der Waals surface area contributed by atoms with Gasteiger partial charge in [0.15, 0.2) is 5.78 Å². The highest BCUT2D eigenvalue weighted by atomic mass is 16.6. The molecule has 0 saturated carbocycles. The van der Waals surface area contributed by atoms with Crippen LogP contribution in [0.25, 0.3) is 6.08 Å². The van der Waals surface area contributed by atoms with Crippen molar-refractivity contribution in [1.29, 1.82) is 0 Å². The second-order valence-electron chi connectivity index (χ2n) is 7.04. The molecule has 0 aliphatic carbocycles. The Bertz CT molecular complexity index is 1250. The summed E-state index contributed by atoms with van der Waals surface area (Å²) in [6, 6.07) is 15.5. The van der Waals surface area contributed by atoms with Gasteiger partial charge in [-0.1, -0.05) is 24.3 Å². The van der Waals surface area contributed by atoms with Gasteiger partial charge in [0.2, 0.25) is 0 Å². The van der Waals surface area contributed by atoms with E-state index >= 15 is 0 Å². The molecular formula is C24H20N2O7. The van der Waals surface area contributed by atoms with Gasteiger partial charge >= 0.3 is 0 Å². The molecule has 0 aliphatic rings. The molecule has 33 heavy (non-hydrogen) atoms. The van der Waals surface area contributed by atoms with Crippen LogP contribution in [-0.4, -0.2) is 22.7 Å². The molecule has 0 spiro atoms. The normalized spacial score (nSPS) is 10.7. The fraction of sp³-hybridized carbons (Fsp3) is 0.125. The van der Waals surface area contributed by atoms with Gasteiger partial charge in [-0.2, -0.15) is 0 Å². The number of nitro benzene ring substituents is 2. The van der Waals surface area contributed by atoms with Crippen molar-refractivity contribution in [2.24, 2.45) is 0 Å². The molecule has 0 radical (unpaired) electrons. The summed E-state index contributed by atoms with van der Waals surface area (Å²) < 4.78 is 11.1. The number of hydrogen-bond donors (Lipinski definition) is 0. The van der Waals surface area contributed by atoms with Crippen LogP contribution in [-0.2, 0) is 6.61 Å². The molecule has 0 aliphatic heterocycles. The second-order valence-corrected chi connectivity index (χ2v) is 7.04. The van der Waals surface area contributed by atoms with Gasteiger partial charge in [0.25, 0.3) is 11.4 Å². The summed E-state index contributed by atoms with van der Waals surface area (Å²) in [5.74, 6) is 0.542. The summed E-state index contributed by atoms with van der Waals surface area (Å²) in [5, 5.41) is 22.1. The van der Waals surface area contributed by atoms with Crippen molar-refractivity contribution in [3.8, 4) is 11.5 Å². The molecule has 3 aromatic rings. The van der Waals surface area contributed by atoms with E-state index in [0.29, 0.717) is 28.2 Å². The Morgan fingerprint density at radius 2 is 1.70 bits per heavy atom. The zero-order chi connectivity index (χ0) is 24.0. The van der Waals surface area contributed by atoms with Gasteiger partial charge in [-0.15, -0.1) is 0 Å². The van der Waals surface area contributed by atoms with Gasteiger partial charge < -0.3 is 9.47 Å². The van der Waals surface area contributed by atoms with Crippen LogP contribution < -0.4 is 9.47 Å². The lowest BCUT2D eigenvalue weighted by atomic mass is 10.1. The first-order valence-electron chi connectivity index (χ1n) is 9.80. The van der Waals surface area contributed by atoms with E-state index in [0.717, 1.165) is 0 Å². The Labute approximate surface area is 189 Å². The first-order chi connectivity index (χ1) is 15.8. The quantitative estimate of drug-likeness (QED) is 0.188. The number of nitrogens with zero attached hydrogens (tertiary/aromatic N) is 2. The Morgan fingerprint density at radius 1 is 0.970 bits per heavy atom. The van der Waals surface area contributed by atoms with Crippen molar-refractivity contribution < 1.29 is 24.1 Å². The molecule has 0 N–H and O–H groups in total. The Morgan fingerprint density at radius 3 is 2.36 bits per heavy atom. The van der Waals surface area contributed by atoms with E-state index in [9.17, 15) is 25.0 Å². The van der Waals surface area contributed by atoms with Crippen molar-refractivity contribution in [1.82, 2.24) is 0 Å². The number of aryl methyl sites for hydroxylation is 1. The number of rotatable bonds is 9. The minimum atomic E-state index is -0.593. The van der Waals surface area contributed by atoms with Crippen LogP contribution in [0.5, 0.6) is 11.5 Å². The molecule has 0 bridgehead atoms. The summed E-state index contributed by atoms with van der Waals surface area (Å²) in [6.07, 6.45) is 2.83. The van der Waals surface area contributed by atoms with E-state index in [2.05, 4.69) is 0 Å². The minimum absolute atomic E-state index is 0.00404. The Kier molecular flexibility index (Phi) is 7.14. The van der Waals surface area contributed by atoms with E-state index in [1.54, 1.807) is 43.3 Å². The molecule has 9 heteroatoms. The molecule has 0 amide bonds. The third-order valence-corrected chi connectivity index (χ3v) is 4.86. The highest BCUT2D eigenvalue weighted by Crippen LogP contribution is 2.26. The Balaban J connectivity index is 1.78. The largest absolute Gasteiger partial charge is 0.496 e. The van der Waals surface area contributed by atoms with E-state index < -0.39 is 15.6 Å². The van der Waals surface area contributed by atoms with Crippen molar-refractivity contribution >= 4 is 23.2 Å². The summed E-state index contributed by atoms with van der Waals surface area (Å²) in [7, 11) is 1.52. The number of ether oxygens (including phenoxy) is 2. The maximum atomic E-state index is 12.5. The number of carbonyl (C=O) groups is 1. The summed E-state index contributed by atoms with van der Waals surface area (Å²) >= 11 is 0. The molecule has 168 valence electrons. The number of hydrogen-bond acceptors (Lipinski definition) is 7. The number of nitro groups is 2. The topological polar surface area (TPSA) is 122 Å². The van der Waals surface area contributed by atoms with Crippen LogP contribution in [0.1, 0.15) is 27.0 Å². The maximum absolute atomic E-state index is 12.5. The first kappa shape index (κ1) is 23.1. The van der Waals surface area contributed by atoms with E-state index in [1.165, 1.54) is 43.5 Å². The van der Waals surface area contributed by atoms with Crippen molar-refractivity contribution in [3.63, 3.8) is 0 Å². The molecule has 0 atom stereocenters. The lowest BCUT2D eigenvalue weighted by molar-refractivity contribution is -0.385. The van der Waals surface area contributed by atoms with Crippen molar-refractivity contribution in [3.05, 3.63) is 109 Å². The van der Waals surface area contributed by atoms with Gasteiger partial charge in [0.1, 0.15) is 18.1 Å². The van der Waals surface area contributed by atoms with Crippen LogP contribution in [0.15, 0.2) is 66.7 Å². The zero-order valence-corrected chi connectivity index (χ0v) is 17.9. The third-order valence-electron chi connectivity index (χ3n) is 4.86. The van der Waals surface area contributed by atoms with Gasteiger partial charge in [-0.05, 0) is 48.9 Å². The summed E-state index contributed by atoms with van der Waals surface area (Å²) in [4.78, 5) is 33.5. The highest BCUT2D eigenvalue weighted by molar-refractivity contribution is 6.09. The summed E-state index contributed by atoms with van der Waals surface area (Å²) in [5.41, 5.74) is 1.60. The van der Waals surface area contributed by atoms with Gasteiger partial charge in [0, 0.05) is 23.3 Å². The fourth-order valence-corrected chi connectivity index (χ4v) is 3.20. The predicted molar refractivity (Wildman–Crippen MR) is 122 cm³/mol. The smallest absolute Gasteiger partial charge is 0.280 e. The molecular weight excluding hydrogens is 428 g/mol. The molecule has 0 aromatic heterocycles. The molecule has 0 unspecified atom stereocenters. The molecule has 9 nitrogen and oxygen atoms in total. The third kappa shape index (κ3) is 5.59. The predicted octanol–water partition coefficient (Wildman–Crippen LogP) is 5.30. The van der Waals surface area contributed by atoms with E-state index in [1.807, 2.05) is 0 Å².